The smallest absolute Gasteiger partial charge is 0.279 e. The Morgan fingerprint density at radius 3 is 2.56 bits per heavy atom. The lowest BCUT2D eigenvalue weighted by Gasteiger charge is -2.32. The minimum Gasteiger partial charge on any atom is -0.330 e. The number of nitrogens with two attached hydrogens (primary N) is 1. The fourth-order valence-corrected chi connectivity index (χ4v) is 3.31. The molecule has 1 fully saturated rings. The second kappa shape index (κ2) is 5.95. The van der Waals surface area contributed by atoms with Crippen LogP contribution in [0.2, 0.25) is 0 Å². The summed E-state index contributed by atoms with van der Waals surface area (Å²) in [5.41, 5.74) is 5.67. The van der Waals surface area contributed by atoms with Gasteiger partial charge in [-0.3, -0.25) is 0 Å². The highest BCUT2D eigenvalue weighted by Crippen LogP contribution is 2.24. The van der Waals surface area contributed by atoms with Crippen LogP contribution in [0.1, 0.15) is 32.6 Å². The summed E-state index contributed by atoms with van der Waals surface area (Å²) in [6.45, 7) is 2.86. The minimum absolute atomic E-state index is 0.0118. The number of hydrogen-bond donors (Lipinski definition) is 2. The fourth-order valence-electron chi connectivity index (χ4n) is 2.10. The largest absolute Gasteiger partial charge is 0.330 e. The van der Waals surface area contributed by atoms with Gasteiger partial charge in [0.05, 0.1) is 0 Å². The summed E-state index contributed by atoms with van der Waals surface area (Å²) in [6.07, 6.45) is 4.17. The first kappa shape index (κ1) is 13.9. The molecule has 0 unspecified atom stereocenters. The number of hydrogen-bond acceptors (Lipinski definition) is 3. The molecule has 0 amide bonds. The summed E-state index contributed by atoms with van der Waals surface area (Å²) in [7, 11) is -1.74. The van der Waals surface area contributed by atoms with Crippen molar-refractivity contribution in [2.24, 2.45) is 11.7 Å². The minimum atomic E-state index is -3.33. The highest BCUT2D eigenvalue weighted by molar-refractivity contribution is 7.87. The van der Waals surface area contributed by atoms with Crippen LogP contribution in [0.5, 0.6) is 0 Å². The molecule has 0 aromatic rings. The SMILES string of the molecule is CCN(C)S(=O)(=O)N[C@H]1CCCC[C@H]1CN. The highest BCUT2D eigenvalue weighted by Gasteiger charge is 2.29. The van der Waals surface area contributed by atoms with Crippen LogP contribution in [-0.2, 0) is 10.2 Å². The van der Waals surface area contributed by atoms with Crippen molar-refractivity contribution in [1.29, 1.82) is 0 Å². The number of nitrogens with zero attached hydrogens (tertiary/aromatic N) is 1. The van der Waals surface area contributed by atoms with E-state index in [0.29, 0.717) is 13.1 Å². The predicted molar refractivity (Wildman–Crippen MR) is 65.2 cm³/mol. The van der Waals surface area contributed by atoms with Crippen LogP contribution in [0.25, 0.3) is 0 Å². The van der Waals surface area contributed by atoms with E-state index in [1.807, 2.05) is 6.92 Å². The van der Waals surface area contributed by atoms with Gasteiger partial charge in [-0.1, -0.05) is 19.8 Å². The Labute approximate surface area is 98.6 Å². The van der Waals surface area contributed by atoms with Crippen LogP contribution in [0, 0.1) is 5.92 Å². The van der Waals surface area contributed by atoms with Gasteiger partial charge in [0, 0.05) is 19.6 Å². The van der Waals surface area contributed by atoms with Gasteiger partial charge in [-0.15, -0.1) is 0 Å². The van der Waals surface area contributed by atoms with Gasteiger partial charge in [0.15, 0.2) is 0 Å². The molecule has 0 heterocycles. The molecule has 16 heavy (non-hydrogen) atoms. The average Bonchev–Trinajstić information content (AvgIpc) is 2.28. The molecule has 2 atom stereocenters. The zero-order valence-electron chi connectivity index (χ0n) is 10.1. The summed E-state index contributed by atoms with van der Waals surface area (Å²) in [4.78, 5) is 0. The molecule has 0 spiro atoms. The van der Waals surface area contributed by atoms with E-state index in [0.717, 1.165) is 25.7 Å². The second-order valence-electron chi connectivity index (χ2n) is 4.42. The zero-order chi connectivity index (χ0) is 12.2. The summed E-state index contributed by atoms with van der Waals surface area (Å²) in [6, 6.07) is 0.0118. The quantitative estimate of drug-likeness (QED) is 0.735. The van der Waals surface area contributed by atoms with Gasteiger partial charge in [-0.2, -0.15) is 17.4 Å². The molecule has 0 aliphatic heterocycles. The van der Waals surface area contributed by atoms with Gasteiger partial charge in [0.25, 0.3) is 10.2 Å². The molecule has 1 aliphatic carbocycles. The maximum atomic E-state index is 11.9. The van der Waals surface area contributed by atoms with E-state index in [-0.39, 0.29) is 12.0 Å². The molecule has 6 heteroatoms. The number of rotatable bonds is 5. The van der Waals surface area contributed by atoms with E-state index < -0.39 is 10.2 Å². The molecule has 0 aromatic carbocycles. The standard InChI is InChI=1S/C10H23N3O2S/c1-3-13(2)16(14,15)12-10-7-5-4-6-9(10)8-11/h9-10,12H,3-8,11H2,1-2H3/t9-,10-/m0/s1. The van der Waals surface area contributed by atoms with Crippen LogP contribution in [0.15, 0.2) is 0 Å². The molecule has 3 N–H and O–H groups in total. The van der Waals surface area contributed by atoms with Crippen LogP contribution in [0.4, 0.5) is 0 Å². The summed E-state index contributed by atoms with van der Waals surface area (Å²) >= 11 is 0. The molecule has 0 saturated heterocycles. The van der Waals surface area contributed by atoms with Crippen LogP contribution in [-0.4, -0.2) is 38.9 Å². The Morgan fingerprint density at radius 2 is 2.00 bits per heavy atom. The highest BCUT2D eigenvalue weighted by atomic mass is 32.2. The van der Waals surface area contributed by atoms with E-state index >= 15 is 0 Å². The van der Waals surface area contributed by atoms with Gasteiger partial charge < -0.3 is 5.73 Å². The predicted octanol–water partition coefficient (Wildman–Crippen LogP) is 0.290. The normalized spacial score (nSPS) is 27.2. The molecule has 1 aliphatic rings. The van der Waals surface area contributed by atoms with Crippen LogP contribution in [0.3, 0.4) is 0 Å². The molecule has 0 radical (unpaired) electrons. The Kier molecular flexibility index (Phi) is 5.17. The monoisotopic (exact) mass is 249 g/mol. The number of nitrogens with one attached hydrogen (secondary N) is 1. The second-order valence-corrected chi connectivity index (χ2v) is 6.23. The molecule has 0 bridgehead atoms. The van der Waals surface area contributed by atoms with Crippen molar-refractivity contribution in [3.8, 4) is 0 Å². The van der Waals surface area contributed by atoms with E-state index in [1.54, 1.807) is 7.05 Å². The Bertz CT molecular complexity index is 305. The Balaban J connectivity index is 2.64. The third-order valence-electron chi connectivity index (χ3n) is 3.37. The maximum absolute atomic E-state index is 11.9. The van der Waals surface area contributed by atoms with E-state index in [9.17, 15) is 8.42 Å². The van der Waals surface area contributed by atoms with Crippen molar-refractivity contribution in [3.63, 3.8) is 0 Å². The van der Waals surface area contributed by atoms with Crippen molar-refractivity contribution in [1.82, 2.24) is 9.03 Å². The van der Waals surface area contributed by atoms with Crippen molar-refractivity contribution in [3.05, 3.63) is 0 Å². The zero-order valence-corrected chi connectivity index (χ0v) is 11.0. The molecular weight excluding hydrogens is 226 g/mol. The molecule has 5 nitrogen and oxygen atoms in total. The van der Waals surface area contributed by atoms with E-state index in [4.69, 9.17) is 5.73 Å². The van der Waals surface area contributed by atoms with Gasteiger partial charge in [0.1, 0.15) is 0 Å². The van der Waals surface area contributed by atoms with Crippen LogP contribution >= 0.6 is 0 Å². The van der Waals surface area contributed by atoms with Gasteiger partial charge in [-0.05, 0) is 25.3 Å². The lowest BCUT2D eigenvalue weighted by Crippen LogP contribution is -2.49. The third kappa shape index (κ3) is 3.41. The molecule has 1 saturated carbocycles. The Morgan fingerprint density at radius 1 is 1.38 bits per heavy atom. The third-order valence-corrected chi connectivity index (χ3v) is 5.05. The fraction of sp³-hybridized carbons (Fsp3) is 1.00. The van der Waals surface area contributed by atoms with Crippen LogP contribution < -0.4 is 10.5 Å². The first-order chi connectivity index (χ1) is 7.51. The first-order valence-electron chi connectivity index (χ1n) is 5.95. The molecule has 0 aromatic heterocycles. The lowest BCUT2D eigenvalue weighted by atomic mass is 9.85. The van der Waals surface area contributed by atoms with Crippen molar-refractivity contribution < 1.29 is 8.42 Å². The molecular formula is C10H23N3O2S. The molecule has 1 rings (SSSR count). The van der Waals surface area contributed by atoms with Gasteiger partial charge in [-0.25, -0.2) is 0 Å². The topological polar surface area (TPSA) is 75.4 Å². The van der Waals surface area contributed by atoms with Crippen molar-refractivity contribution in [2.45, 2.75) is 38.6 Å². The maximum Gasteiger partial charge on any atom is 0.279 e. The lowest BCUT2D eigenvalue weighted by molar-refractivity contribution is 0.291. The van der Waals surface area contributed by atoms with Gasteiger partial charge >= 0.3 is 0 Å². The summed E-state index contributed by atoms with van der Waals surface area (Å²) < 4.78 is 27.8. The molecule has 96 valence electrons. The van der Waals surface area contributed by atoms with Crippen molar-refractivity contribution in [2.75, 3.05) is 20.1 Å². The van der Waals surface area contributed by atoms with Gasteiger partial charge in [0.2, 0.25) is 0 Å². The summed E-state index contributed by atoms with van der Waals surface area (Å²) in [5, 5.41) is 0. The van der Waals surface area contributed by atoms with E-state index in [2.05, 4.69) is 4.72 Å². The Hall–Kier alpha value is -0.170. The summed E-state index contributed by atoms with van der Waals surface area (Å²) in [5.74, 6) is 0.286. The van der Waals surface area contributed by atoms with Crippen molar-refractivity contribution >= 4 is 10.2 Å². The average molecular weight is 249 g/mol. The first-order valence-corrected chi connectivity index (χ1v) is 7.39. The van der Waals surface area contributed by atoms with E-state index in [1.165, 1.54) is 4.31 Å².